The van der Waals surface area contributed by atoms with Crippen LogP contribution in [0.1, 0.15) is 31.5 Å². The van der Waals surface area contributed by atoms with Crippen LogP contribution in [0.15, 0.2) is 28.2 Å². The van der Waals surface area contributed by atoms with Gasteiger partial charge in [0, 0.05) is 17.6 Å². The highest BCUT2D eigenvalue weighted by Gasteiger charge is 2.20. The molecule has 0 aromatic carbocycles. The van der Waals surface area contributed by atoms with Crippen LogP contribution in [0.5, 0.6) is 0 Å². The zero-order chi connectivity index (χ0) is 17.9. The van der Waals surface area contributed by atoms with Crippen LogP contribution < -0.4 is 5.32 Å². The number of nitrogens with zero attached hydrogens (tertiary/aromatic N) is 4. The fraction of sp³-hybridized carbons (Fsp3) is 0.353. The first-order valence-electron chi connectivity index (χ1n) is 8.38. The molecule has 0 aliphatic heterocycles. The molecular formula is C17H16FN5O2S. The van der Waals surface area contributed by atoms with Crippen molar-refractivity contribution in [3.63, 3.8) is 0 Å². The third-order valence-electron chi connectivity index (χ3n) is 4.19. The summed E-state index contributed by atoms with van der Waals surface area (Å²) >= 11 is 1.24. The molecule has 0 atom stereocenters. The normalized spacial score (nSPS) is 14.7. The lowest BCUT2D eigenvalue weighted by Gasteiger charge is -2.10. The quantitative estimate of drug-likeness (QED) is 0.739. The first kappa shape index (κ1) is 16.8. The number of carbonyl (C=O) groups excluding carboxylic acids is 1. The standard InChI is InChI=1S/C17H16FN5O2S/c18-11-6-3-7-19-15(11)17-21-12(9-26-17)16-22-13(23-25-16)8-14(24)20-10-4-1-2-5-10/h3,6-7,9-10H,1-2,4-5,8H2,(H,20,24). The molecule has 3 aromatic rings. The number of rotatable bonds is 5. The number of hydrogen-bond acceptors (Lipinski definition) is 7. The topological polar surface area (TPSA) is 93.8 Å². The largest absolute Gasteiger partial charge is 0.353 e. The van der Waals surface area contributed by atoms with E-state index >= 15 is 0 Å². The first-order valence-corrected chi connectivity index (χ1v) is 9.26. The molecule has 134 valence electrons. The lowest BCUT2D eigenvalue weighted by atomic mass is 10.2. The van der Waals surface area contributed by atoms with Gasteiger partial charge in [-0.2, -0.15) is 4.98 Å². The summed E-state index contributed by atoms with van der Waals surface area (Å²) in [5.41, 5.74) is 0.615. The van der Waals surface area contributed by atoms with Crippen molar-refractivity contribution in [1.82, 2.24) is 25.4 Å². The molecule has 0 spiro atoms. The fourth-order valence-electron chi connectivity index (χ4n) is 2.95. The van der Waals surface area contributed by atoms with Crippen molar-refractivity contribution in [2.45, 2.75) is 38.1 Å². The highest BCUT2D eigenvalue weighted by Crippen LogP contribution is 2.28. The van der Waals surface area contributed by atoms with E-state index < -0.39 is 5.82 Å². The number of hydrogen-bond donors (Lipinski definition) is 1. The number of halogens is 1. The summed E-state index contributed by atoms with van der Waals surface area (Å²) in [4.78, 5) is 24.6. The Bertz CT molecular complexity index is 919. The van der Waals surface area contributed by atoms with Gasteiger partial charge in [-0.3, -0.25) is 9.78 Å². The molecule has 1 aliphatic carbocycles. The maximum absolute atomic E-state index is 13.8. The van der Waals surface area contributed by atoms with E-state index in [-0.39, 0.29) is 30.0 Å². The minimum absolute atomic E-state index is 0.0614. The molecule has 1 N–H and O–H groups in total. The minimum Gasteiger partial charge on any atom is -0.353 e. The molecule has 4 rings (SSSR count). The Hall–Kier alpha value is -2.68. The molecule has 0 saturated heterocycles. The second kappa shape index (κ2) is 7.28. The molecular weight excluding hydrogens is 357 g/mol. The summed E-state index contributed by atoms with van der Waals surface area (Å²) in [6, 6.07) is 3.11. The van der Waals surface area contributed by atoms with Crippen LogP contribution in [0, 0.1) is 5.82 Å². The predicted molar refractivity (Wildman–Crippen MR) is 92.7 cm³/mol. The van der Waals surface area contributed by atoms with Crippen molar-refractivity contribution in [2.24, 2.45) is 0 Å². The van der Waals surface area contributed by atoms with Gasteiger partial charge in [0.15, 0.2) is 11.6 Å². The summed E-state index contributed by atoms with van der Waals surface area (Å²) in [5.74, 6) is -0.0523. The maximum atomic E-state index is 13.8. The van der Waals surface area contributed by atoms with Crippen LogP contribution in [-0.4, -0.2) is 32.1 Å². The van der Waals surface area contributed by atoms with Crippen LogP contribution in [0.25, 0.3) is 22.3 Å². The van der Waals surface area contributed by atoms with Crippen molar-refractivity contribution in [3.8, 4) is 22.3 Å². The second-order valence-electron chi connectivity index (χ2n) is 6.11. The number of thiazole rings is 1. The molecule has 1 aliphatic rings. The Kier molecular flexibility index (Phi) is 4.70. The van der Waals surface area contributed by atoms with Crippen LogP contribution in [0.2, 0.25) is 0 Å². The van der Waals surface area contributed by atoms with Gasteiger partial charge in [-0.05, 0) is 25.0 Å². The van der Waals surface area contributed by atoms with E-state index in [2.05, 4.69) is 25.4 Å². The van der Waals surface area contributed by atoms with E-state index in [0.717, 1.165) is 25.7 Å². The minimum atomic E-state index is -0.441. The number of carbonyl (C=O) groups is 1. The summed E-state index contributed by atoms with van der Waals surface area (Å²) in [6.07, 6.45) is 5.92. The molecule has 26 heavy (non-hydrogen) atoms. The summed E-state index contributed by atoms with van der Waals surface area (Å²) in [7, 11) is 0. The number of pyridine rings is 1. The third-order valence-corrected chi connectivity index (χ3v) is 5.04. The Morgan fingerprint density at radius 2 is 2.19 bits per heavy atom. The highest BCUT2D eigenvalue weighted by atomic mass is 32.1. The monoisotopic (exact) mass is 373 g/mol. The van der Waals surface area contributed by atoms with E-state index in [1.807, 2.05) is 0 Å². The average Bonchev–Trinajstić information content (AvgIpc) is 3.36. The van der Waals surface area contributed by atoms with Crippen molar-refractivity contribution in [1.29, 1.82) is 0 Å². The molecule has 1 saturated carbocycles. The van der Waals surface area contributed by atoms with Gasteiger partial charge in [-0.1, -0.05) is 18.0 Å². The van der Waals surface area contributed by atoms with Crippen LogP contribution >= 0.6 is 11.3 Å². The van der Waals surface area contributed by atoms with Gasteiger partial charge in [-0.15, -0.1) is 11.3 Å². The van der Waals surface area contributed by atoms with Gasteiger partial charge in [0.25, 0.3) is 5.89 Å². The van der Waals surface area contributed by atoms with E-state index in [1.165, 1.54) is 29.7 Å². The van der Waals surface area contributed by atoms with E-state index in [4.69, 9.17) is 4.52 Å². The molecule has 0 radical (unpaired) electrons. The van der Waals surface area contributed by atoms with Crippen LogP contribution in [0.3, 0.4) is 0 Å². The number of nitrogens with one attached hydrogen (secondary N) is 1. The summed E-state index contributed by atoms with van der Waals surface area (Å²) in [6.45, 7) is 0. The summed E-state index contributed by atoms with van der Waals surface area (Å²) in [5, 5.41) is 8.94. The molecule has 7 nitrogen and oxygen atoms in total. The maximum Gasteiger partial charge on any atom is 0.277 e. The zero-order valence-corrected chi connectivity index (χ0v) is 14.6. The van der Waals surface area contributed by atoms with Gasteiger partial charge in [0.05, 0.1) is 6.42 Å². The lowest BCUT2D eigenvalue weighted by molar-refractivity contribution is -0.121. The highest BCUT2D eigenvalue weighted by molar-refractivity contribution is 7.13. The molecule has 1 amide bonds. The second-order valence-corrected chi connectivity index (χ2v) is 6.97. The van der Waals surface area contributed by atoms with Crippen molar-refractivity contribution in [2.75, 3.05) is 0 Å². The molecule has 9 heteroatoms. The van der Waals surface area contributed by atoms with Crippen molar-refractivity contribution >= 4 is 17.2 Å². The smallest absolute Gasteiger partial charge is 0.277 e. The van der Waals surface area contributed by atoms with Crippen molar-refractivity contribution in [3.05, 3.63) is 35.4 Å². The first-order chi connectivity index (χ1) is 12.7. The third kappa shape index (κ3) is 3.62. The van der Waals surface area contributed by atoms with Gasteiger partial charge in [0.2, 0.25) is 5.91 Å². The van der Waals surface area contributed by atoms with Gasteiger partial charge in [0.1, 0.15) is 16.4 Å². The van der Waals surface area contributed by atoms with E-state index in [0.29, 0.717) is 16.5 Å². The lowest BCUT2D eigenvalue weighted by Crippen LogP contribution is -2.33. The van der Waals surface area contributed by atoms with Crippen LogP contribution in [0.4, 0.5) is 4.39 Å². The number of aromatic nitrogens is 4. The van der Waals surface area contributed by atoms with Crippen LogP contribution in [-0.2, 0) is 11.2 Å². The summed E-state index contributed by atoms with van der Waals surface area (Å²) < 4.78 is 19.0. The molecule has 0 bridgehead atoms. The number of amides is 1. The average molecular weight is 373 g/mol. The van der Waals surface area contributed by atoms with Gasteiger partial charge >= 0.3 is 0 Å². The Morgan fingerprint density at radius 3 is 3.00 bits per heavy atom. The van der Waals surface area contributed by atoms with Crippen molar-refractivity contribution < 1.29 is 13.7 Å². The Morgan fingerprint density at radius 1 is 1.35 bits per heavy atom. The zero-order valence-electron chi connectivity index (χ0n) is 13.8. The molecule has 3 heterocycles. The Labute approximate surface area is 152 Å². The molecule has 0 unspecified atom stereocenters. The van der Waals surface area contributed by atoms with Gasteiger partial charge in [-0.25, -0.2) is 9.37 Å². The van der Waals surface area contributed by atoms with Gasteiger partial charge < -0.3 is 9.84 Å². The predicted octanol–water partition coefficient (Wildman–Crippen LogP) is 3.00. The fourth-order valence-corrected chi connectivity index (χ4v) is 3.74. The molecule has 3 aromatic heterocycles. The SMILES string of the molecule is O=C(Cc1noc(-c2csc(-c3ncccc3F)n2)n1)NC1CCCC1. The Balaban J connectivity index is 1.45. The molecule has 1 fully saturated rings. The van der Waals surface area contributed by atoms with E-state index in [9.17, 15) is 9.18 Å². The van der Waals surface area contributed by atoms with E-state index in [1.54, 1.807) is 5.38 Å².